The van der Waals surface area contributed by atoms with E-state index in [-0.39, 0.29) is 12.1 Å². The van der Waals surface area contributed by atoms with Gasteiger partial charge in [0.1, 0.15) is 5.76 Å². The Bertz CT molecular complexity index is 318. The molecule has 2 N–H and O–H groups in total. The fourth-order valence-corrected chi connectivity index (χ4v) is 2.56. The van der Waals surface area contributed by atoms with Crippen molar-refractivity contribution in [3.8, 4) is 0 Å². The molecule has 2 heterocycles. The Kier molecular flexibility index (Phi) is 4.20. The largest absolute Gasteiger partial charge is 0.468 e. The van der Waals surface area contributed by atoms with E-state index in [0.29, 0.717) is 6.10 Å². The maximum Gasteiger partial charge on any atom is 0.122 e. The van der Waals surface area contributed by atoms with Crippen molar-refractivity contribution in [3.05, 3.63) is 24.2 Å². The van der Waals surface area contributed by atoms with Crippen LogP contribution >= 0.6 is 0 Å². The van der Waals surface area contributed by atoms with Gasteiger partial charge < -0.3 is 14.9 Å². The summed E-state index contributed by atoms with van der Waals surface area (Å²) in [5.41, 5.74) is 6.06. The summed E-state index contributed by atoms with van der Waals surface area (Å²) in [6.45, 7) is 3.81. The minimum atomic E-state index is 0.0348. The molecule has 0 aromatic carbocycles. The third-order valence-corrected chi connectivity index (χ3v) is 3.32. The Balaban J connectivity index is 2.00. The number of hydrogen-bond donors (Lipinski definition) is 1. The lowest BCUT2D eigenvalue weighted by molar-refractivity contribution is 0.0600. The average Bonchev–Trinajstić information content (AvgIpc) is 2.89. The lowest BCUT2D eigenvalue weighted by Gasteiger charge is -2.31. The van der Waals surface area contributed by atoms with Gasteiger partial charge in [-0.25, -0.2) is 0 Å². The Morgan fingerprint density at radius 1 is 1.59 bits per heavy atom. The summed E-state index contributed by atoms with van der Waals surface area (Å²) >= 11 is 0. The van der Waals surface area contributed by atoms with Crippen molar-refractivity contribution in [2.24, 2.45) is 5.73 Å². The standard InChI is InChI=1S/C13H22N2O2/c1-10(14)13(12-6-4-8-17-12)15(2)9-11-5-3-7-16-11/h4,6,8,10-11,13H,3,5,7,9,14H2,1-2H3. The fraction of sp³-hybridized carbons (Fsp3) is 0.692. The van der Waals surface area contributed by atoms with Crippen LogP contribution in [0.25, 0.3) is 0 Å². The SMILES string of the molecule is CC(N)C(c1ccco1)N(C)CC1CCCO1. The van der Waals surface area contributed by atoms with Crippen molar-refractivity contribution in [2.45, 2.75) is 38.0 Å². The van der Waals surface area contributed by atoms with Gasteiger partial charge in [-0.2, -0.15) is 0 Å². The number of likely N-dealkylation sites (N-methyl/N-ethyl adjacent to an activating group) is 1. The number of rotatable bonds is 5. The normalized spacial score (nSPS) is 24.1. The smallest absolute Gasteiger partial charge is 0.122 e. The zero-order chi connectivity index (χ0) is 12.3. The first-order valence-corrected chi connectivity index (χ1v) is 6.29. The number of hydrogen-bond acceptors (Lipinski definition) is 4. The number of nitrogens with zero attached hydrogens (tertiary/aromatic N) is 1. The summed E-state index contributed by atoms with van der Waals surface area (Å²) in [7, 11) is 2.08. The molecule has 1 saturated heterocycles. The molecule has 17 heavy (non-hydrogen) atoms. The minimum absolute atomic E-state index is 0.0348. The van der Waals surface area contributed by atoms with E-state index in [1.165, 1.54) is 6.42 Å². The topological polar surface area (TPSA) is 51.6 Å². The molecule has 1 fully saturated rings. The molecule has 96 valence electrons. The van der Waals surface area contributed by atoms with Gasteiger partial charge in [0.25, 0.3) is 0 Å². The molecule has 4 heteroatoms. The molecule has 3 unspecified atom stereocenters. The monoisotopic (exact) mass is 238 g/mol. The lowest BCUT2D eigenvalue weighted by atomic mass is 10.1. The van der Waals surface area contributed by atoms with Gasteiger partial charge in [-0.15, -0.1) is 0 Å². The first-order valence-electron chi connectivity index (χ1n) is 6.29. The van der Waals surface area contributed by atoms with Crippen molar-refractivity contribution in [1.82, 2.24) is 4.90 Å². The quantitative estimate of drug-likeness (QED) is 0.849. The van der Waals surface area contributed by atoms with Gasteiger partial charge in [0.2, 0.25) is 0 Å². The molecule has 0 aliphatic carbocycles. The molecule has 1 aliphatic rings. The lowest BCUT2D eigenvalue weighted by Crippen LogP contribution is -2.40. The van der Waals surface area contributed by atoms with Crippen molar-refractivity contribution >= 4 is 0 Å². The molecule has 0 radical (unpaired) electrons. The first kappa shape index (κ1) is 12.6. The summed E-state index contributed by atoms with van der Waals surface area (Å²) < 4.78 is 11.1. The van der Waals surface area contributed by atoms with Gasteiger partial charge in [-0.3, -0.25) is 4.90 Å². The summed E-state index contributed by atoms with van der Waals surface area (Å²) in [6.07, 6.45) is 4.36. The molecule has 4 nitrogen and oxygen atoms in total. The predicted molar refractivity (Wildman–Crippen MR) is 66.7 cm³/mol. The van der Waals surface area contributed by atoms with E-state index in [9.17, 15) is 0 Å². The van der Waals surface area contributed by atoms with Gasteiger partial charge in [0.15, 0.2) is 0 Å². The van der Waals surface area contributed by atoms with Crippen LogP contribution in [0.3, 0.4) is 0 Å². The maximum absolute atomic E-state index is 6.06. The van der Waals surface area contributed by atoms with E-state index in [2.05, 4.69) is 11.9 Å². The average molecular weight is 238 g/mol. The Morgan fingerprint density at radius 3 is 2.94 bits per heavy atom. The highest BCUT2D eigenvalue weighted by molar-refractivity contribution is 5.07. The van der Waals surface area contributed by atoms with E-state index >= 15 is 0 Å². The highest BCUT2D eigenvalue weighted by Gasteiger charge is 2.27. The molecule has 1 aromatic rings. The predicted octanol–water partition coefficient (Wildman–Crippen LogP) is 1.78. The van der Waals surface area contributed by atoms with Crippen molar-refractivity contribution in [1.29, 1.82) is 0 Å². The van der Waals surface area contributed by atoms with Crippen molar-refractivity contribution in [3.63, 3.8) is 0 Å². The molecular weight excluding hydrogens is 216 g/mol. The van der Waals surface area contributed by atoms with Gasteiger partial charge in [0.05, 0.1) is 18.4 Å². The van der Waals surface area contributed by atoms with Gasteiger partial charge >= 0.3 is 0 Å². The molecule has 1 aliphatic heterocycles. The zero-order valence-corrected chi connectivity index (χ0v) is 10.6. The second kappa shape index (κ2) is 5.67. The number of nitrogens with two attached hydrogens (primary N) is 1. The van der Waals surface area contributed by atoms with Crippen molar-refractivity contribution < 1.29 is 9.15 Å². The maximum atomic E-state index is 6.06. The Labute approximate surface area is 103 Å². The number of ether oxygens (including phenoxy) is 1. The van der Waals surface area contributed by atoms with E-state index in [0.717, 1.165) is 25.3 Å². The highest BCUT2D eigenvalue weighted by atomic mass is 16.5. The first-order chi connectivity index (χ1) is 8.18. The van der Waals surface area contributed by atoms with Crippen LogP contribution in [0.15, 0.2) is 22.8 Å². The van der Waals surface area contributed by atoms with Crippen LogP contribution in [-0.4, -0.2) is 37.2 Å². The fourth-order valence-electron chi connectivity index (χ4n) is 2.56. The molecular formula is C13H22N2O2. The molecule has 0 bridgehead atoms. The van der Waals surface area contributed by atoms with E-state index in [4.69, 9.17) is 14.9 Å². The van der Waals surface area contributed by atoms with E-state index in [1.807, 2.05) is 19.1 Å². The second-order valence-corrected chi connectivity index (χ2v) is 4.89. The number of furan rings is 1. The van der Waals surface area contributed by atoms with Crippen LogP contribution < -0.4 is 5.73 Å². The molecule has 2 rings (SSSR count). The Morgan fingerprint density at radius 2 is 2.41 bits per heavy atom. The second-order valence-electron chi connectivity index (χ2n) is 4.89. The van der Waals surface area contributed by atoms with Gasteiger partial charge in [-0.1, -0.05) is 0 Å². The summed E-state index contributed by atoms with van der Waals surface area (Å²) in [6, 6.07) is 4.05. The highest BCUT2D eigenvalue weighted by Crippen LogP contribution is 2.24. The van der Waals surface area contributed by atoms with Crippen molar-refractivity contribution in [2.75, 3.05) is 20.2 Å². The van der Waals surface area contributed by atoms with Crippen LogP contribution in [0.2, 0.25) is 0 Å². The third kappa shape index (κ3) is 3.09. The van der Waals surface area contributed by atoms with Crippen LogP contribution in [0.4, 0.5) is 0 Å². The van der Waals surface area contributed by atoms with Crippen LogP contribution in [0.1, 0.15) is 31.6 Å². The third-order valence-electron chi connectivity index (χ3n) is 3.32. The molecule has 0 spiro atoms. The molecule has 3 atom stereocenters. The summed E-state index contributed by atoms with van der Waals surface area (Å²) in [5.74, 6) is 0.931. The summed E-state index contributed by atoms with van der Waals surface area (Å²) in [5, 5.41) is 0. The van der Waals surface area contributed by atoms with Gasteiger partial charge in [-0.05, 0) is 38.9 Å². The molecule has 0 saturated carbocycles. The molecule has 0 amide bonds. The molecule has 1 aromatic heterocycles. The van der Waals surface area contributed by atoms with E-state index in [1.54, 1.807) is 6.26 Å². The van der Waals surface area contributed by atoms with Crippen LogP contribution in [0.5, 0.6) is 0 Å². The van der Waals surface area contributed by atoms with E-state index < -0.39 is 0 Å². The minimum Gasteiger partial charge on any atom is -0.468 e. The Hall–Kier alpha value is -0.840. The van der Waals surface area contributed by atoms with Gasteiger partial charge in [0, 0.05) is 19.2 Å². The summed E-state index contributed by atoms with van der Waals surface area (Å²) in [4.78, 5) is 2.24. The zero-order valence-electron chi connectivity index (χ0n) is 10.6. The van der Waals surface area contributed by atoms with Crippen LogP contribution in [0, 0.1) is 0 Å². The van der Waals surface area contributed by atoms with Crippen LogP contribution in [-0.2, 0) is 4.74 Å².